The predicted molar refractivity (Wildman–Crippen MR) is 148 cm³/mol. The van der Waals surface area contributed by atoms with E-state index >= 15 is 0 Å². The highest BCUT2D eigenvalue weighted by Crippen LogP contribution is 2.39. The van der Waals surface area contributed by atoms with E-state index in [1.165, 1.54) is 59.7 Å². The van der Waals surface area contributed by atoms with Crippen LogP contribution in [-0.4, -0.2) is 29.2 Å². The molecule has 5 heteroatoms. The molecule has 1 atom stereocenters. The lowest BCUT2D eigenvalue weighted by atomic mass is 9.87. The maximum absolute atomic E-state index is 11.2. The number of aryl methyl sites for hydroxylation is 1. The second-order valence-electron chi connectivity index (χ2n) is 11.1. The minimum Gasteiger partial charge on any atom is -0.352 e. The van der Waals surface area contributed by atoms with Gasteiger partial charge in [0.15, 0.2) is 0 Å². The van der Waals surface area contributed by atoms with Crippen molar-refractivity contribution in [3.8, 4) is 0 Å². The number of hydrogen-bond donors (Lipinski definition) is 3. The molecule has 1 unspecified atom stereocenters. The first-order chi connectivity index (χ1) is 17.6. The van der Waals surface area contributed by atoms with Gasteiger partial charge in [-0.15, -0.1) is 0 Å². The molecule has 4 N–H and O–H groups in total. The van der Waals surface area contributed by atoms with E-state index in [1.807, 2.05) is 0 Å². The summed E-state index contributed by atoms with van der Waals surface area (Å²) in [6.07, 6.45) is 14.4. The Hall–Kier alpha value is -2.79. The number of rotatable bonds is 8. The second kappa shape index (κ2) is 11.5. The number of carbonyl (C=O) groups is 1. The van der Waals surface area contributed by atoms with Gasteiger partial charge in [0.05, 0.1) is 0 Å². The highest BCUT2D eigenvalue weighted by atomic mass is 16.2. The van der Waals surface area contributed by atoms with E-state index < -0.39 is 6.03 Å². The van der Waals surface area contributed by atoms with Crippen LogP contribution in [0.2, 0.25) is 0 Å². The maximum Gasteiger partial charge on any atom is 0.312 e. The van der Waals surface area contributed by atoms with Crippen molar-refractivity contribution in [3.05, 3.63) is 71.4 Å². The van der Waals surface area contributed by atoms with Crippen LogP contribution >= 0.6 is 0 Å². The third kappa shape index (κ3) is 5.78. The van der Waals surface area contributed by atoms with Crippen molar-refractivity contribution >= 4 is 16.9 Å². The lowest BCUT2D eigenvalue weighted by Gasteiger charge is -2.30. The number of nitrogens with one attached hydrogen (secondary N) is 2. The fraction of sp³-hybridized carbons (Fsp3) is 0.516. The Labute approximate surface area is 215 Å². The first-order valence-corrected chi connectivity index (χ1v) is 14.0. The van der Waals surface area contributed by atoms with Crippen molar-refractivity contribution in [3.63, 3.8) is 0 Å². The molecule has 2 aromatic carbocycles. The zero-order valence-corrected chi connectivity index (χ0v) is 21.7. The molecule has 2 aliphatic rings. The SMILES string of the molecule is Cc1cccc(C(CCNC2CCC(NC(N)=O)CC2)c2cn(C3CCCCC3)c3ccccc23)c1. The van der Waals surface area contributed by atoms with Crippen LogP contribution in [0.1, 0.15) is 92.9 Å². The summed E-state index contributed by atoms with van der Waals surface area (Å²) in [5.41, 5.74) is 10.9. The van der Waals surface area contributed by atoms with Crippen LogP contribution in [0.5, 0.6) is 0 Å². The Bertz CT molecular complexity index is 1150. The minimum absolute atomic E-state index is 0.228. The number of aromatic nitrogens is 1. The smallest absolute Gasteiger partial charge is 0.312 e. The molecule has 2 amide bonds. The Morgan fingerprint density at radius 3 is 2.47 bits per heavy atom. The number of benzene rings is 2. The molecule has 1 heterocycles. The van der Waals surface area contributed by atoms with Crippen LogP contribution in [0.15, 0.2) is 54.7 Å². The molecule has 3 aromatic rings. The number of fused-ring (bicyclic) bond motifs is 1. The van der Waals surface area contributed by atoms with Gasteiger partial charge in [-0.05, 0) is 75.6 Å². The zero-order valence-electron chi connectivity index (χ0n) is 21.7. The molecule has 36 heavy (non-hydrogen) atoms. The fourth-order valence-electron chi connectivity index (χ4n) is 6.63. The Morgan fingerprint density at radius 2 is 1.72 bits per heavy atom. The molecule has 192 valence electrons. The molecule has 0 bridgehead atoms. The minimum atomic E-state index is -0.403. The summed E-state index contributed by atoms with van der Waals surface area (Å²) in [6, 6.07) is 19.1. The molecule has 0 radical (unpaired) electrons. The van der Waals surface area contributed by atoms with E-state index in [0.717, 1.165) is 38.6 Å². The van der Waals surface area contributed by atoms with Gasteiger partial charge in [0.2, 0.25) is 0 Å². The summed E-state index contributed by atoms with van der Waals surface area (Å²) in [4.78, 5) is 11.2. The van der Waals surface area contributed by atoms with E-state index in [9.17, 15) is 4.79 Å². The normalized spacial score (nSPS) is 21.9. The third-order valence-corrected chi connectivity index (χ3v) is 8.50. The number of nitrogens with two attached hydrogens (primary N) is 1. The number of carbonyl (C=O) groups excluding carboxylic acids is 1. The number of hydrogen-bond acceptors (Lipinski definition) is 2. The topological polar surface area (TPSA) is 72.1 Å². The van der Waals surface area contributed by atoms with Gasteiger partial charge >= 0.3 is 6.03 Å². The van der Waals surface area contributed by atoms with Crippen molar-refractivity contribution < 1.29 is 4.79 Å². The van der Waals surface area contributed by atoms with Gasteiger partial charge in [0.25, 0.3) is 0 Å². The van der Waals surface area contributed by atoms with Crippen LogP contribution in [-0.2, 0) is 0 Å². The molecule has 5 nitrogen and oxygen atoms in total. The lowest BCUT2D eigenvalue weighted by molar-refractivity contribution is 0.237. The Balaban J connectivity index is 1.36. The number of urea groups is 1. The molecule has 2 fully saturated rings. The summed E-state index contributed by atoms with van der Waals surface area (Å²) < 4.78 is 2.60. The van der Waals surface area contributed by atoms with Crippen molar-refractivity contribution in [1.29, 1.82) is 0 Å². The highest BCUT2D eigenvalue weighted by Gasteiger charge is 2.25. The molecule has 2 saturated carbocycles. The summed E-state index contributed by atoms with van der Waals surface area (Å²) in [5.74, 6) is 0.361. The quantitative estimate of drug-likeness (QED) is 0.338. The molecular weight excluding hydrogens is 444 g/mol. The van der Waals surface area contributed by atoms with Gasteiger partial charge in [-0.1, -0.05) is 67.3 Å². The lowest BCUT2D eigenvalue weighted by Crippen LogP contribution is -2.44. The standard InChI is InChI=1S/C31H42N4O/c1-22-8-7-9-23(20-22)27(18-19-33-24-14-16-25(17-15-24)34-31(32)36)29-21-35(26-10-3-2-4-11-26)30-13-6-5-12-28(29)30/h5-9,12-13,20-21,24-27,33H,2-4,10-11,14-19H2,1H3,(H3,32,34,36). The predicted octanol–water partition coefficient (Wildman–Crippen LogP) is 6.55. The van der Waals surface area contributed by atoms with Crippen molar-refractivity contribution in [1.82, 2.24) is 15.2 Å². The van der Waals surface area contributed by atoms with Crippen LogP contribution < -0.4 is 16.4 Å². The van der Waals surface area contributed by atoms with Gasteiger partial charge in [0.1, 0.15) is 0 Å². The molecule has 0 spiro atoms. The summed E-state index contributed by atoms with van der Waals surface area (Å²) >= 11 is 0. The Kier molecular flexibility index (Phi) is 7.96. The molecule has 5 rings (SSSR count). The number of primary amides is 1. The van der Waals surface area contributed by atoms with Gasteiger partial charge < -0.3 is 20.9 Å². The first-order valence-electron chi connectivity index (χ1n) is 14.0. The number of amides is 2. The van der Waals surface area contributed by atoms with Gasteiger partial charge in [-0.3, -0.25) is 0 Å². The number of para-hydroxylation sites is 1. The monoisotopic (exact) mass is 486 g/mol. The summed E-state index contributed by atoms with van der Waals surface area (Å²) in [7, 11) is 0. The maximum atomic E-state index is 11.2. The zero-order chi connectivity index (χ0) is 24.9. The van der Waals surface area contributed by atoms with E-state index in [0.29, 0.717) is 18.0 Å². The molecule has 2 aliphatic carbocycles. The van der Waals surface area contributed by atoms with Crippen LogP contribution in [0, 0.1) is 6.92 Å². The highest BCUT2D eigenvalue weighted by molar-refractivity contribution is 5.85. The number of nitrogens with zero attached hydrogens (tertiary/aromatic N) is 1. The van der Waals surface area contributed by atoms with E-state index in [1.54, 1.807) is 0 Å². The van der Waals surface area contributed by atoms with Crippen LogP contribution in [0.25, 0.3) is 10.9 Å². The average Bonchev–Trinajstić information content (AvgIpc) is 3.27. The fourth-order valence-corrected chi connectivity index (χ4v) is 6.63. The van der Waals surface area contributed by atoms with E-state index in [2.05, 4.69) is 76.9 Å². The van der Waals surface area contributed by atoms with Crippen LogP contribution in [0.3, 0.4) is 0 Å². The van der Waals surface area contributed by atoms with Crippen molar-refractivity contribution in [2.45, 2.75) is 95.2 Å². The second-order valence-corrected chi connectivity index (χ2v) is 11.1. The van der Waals surface area contributed by atoms with Gasteiger partial charge in [0, 0.05) is 41.1 Å². The van der Waals surface area contributed by atoms with Gasteiger partial charge in [-0.2, -0.15) is 0 Å². The first kappa shape index (κ1) is 24.9. The molecule has 0 saturated heterocycles. The Morgan fingerprint density at radius 1 is 0.972 bits per heavy atom. The molecule has 1 aromatic heterocycles. The van der Waals surface area contributed by atoms with Crippen LogP contribution in [0.4, 0.5) is 4.79 Å². The summed E-state index contributed by atoms with van der Waals surface area (Å²) in [5, 5.41) is 8.14. The third-order valence-electron chi connectivity index (χ3n) is 8.50. The molecular formula is C31H42N4O. The van der Waals surface area contributed by atoms with Crippen molar-refractivity contribution in [2.75, 3.05) is 6.54 Å². The average molecular weight is 487 g/mol. The largest absolute Gasteiger partial charge is 0.352 e. The van der Waals surface area contributed by atoms with Gasteiger partial charge in [-0.25, -0.2) is 4.79 Å². The van der Waals surface area contributed by atoms with E-state index in [4.69, 9.17) is 5.73 Å². The van der Waals surface area contributed by atoms with Crippen molar-refractivity contribution in [2.24, 2.45) is 5.73 Å². The molecule has 0 aliphatic heterocycles. The summed E-state index contributed by atoms with van der Waals surface area (Å²) in [6.45, 7) is 3.18. The van der Waals surface area contributed by atoms with E-state index in [-0.39, 0.29) is 6.04 Å².